The van der Waals surface area contributed by atoms with Gasteiger partial charge in [-0.05, 0) is 20.3 Å². The molecule has 18 heavy (non-hydrogen) atoms. The van der Waals surface area contributed by atoms with Gasteiger partial charge in [-0.3, -0.25) is 0 Å². The summed E-state index contributed by atoms with van der Waals surface area (Å²) in [6, 6.07) is 0. The lowest BCUT2D eigenvalue weighted by atomic mass is 10.3. The summed E-state index contributed by atoms with van der Waals surface area (Å²) in [5.41, 5.74) is 5.83. The highest BCUT2D eigenvalue weighted by molar-refractivity contribution is 6.46. The molecule has 0 saturated carbocycles. The molecule has 0 spiro atoms. The van der Waals surface area contributed by atoms with Crippen molar-refractivity contribution in [3.8, 4) is 0 Å². The number of nitrogens with one attached hydrogen (secondary N) is 2. The van der Waals surface area contributed by atoms with Crippen molar-refractivity contribution in [3.63, 3.8) is 0 Å². The Bertz CT molecular complexity index is 169. The molecule has 0 saturated heterocycles. The Labute approximate surface area is 114 Å². The SMILES string of the molecule is CCCC(NCCNCCN)[SiH](OCC)OCC. The first-order valence-electron chi connectivity index (χ1n) is 7.17. The van der Waals surface area contributed by atoms with E-state index in [1.54, 1.807) is 0 Å². The molecule has 1 unspecified atom stereocenters. The maximum absolute atomic E-state index is 5.79. The molecule has 0 heterocycles. The predicted molar refractivity (Wildman–Crippen MR) is 79.0 cm³/mol. The topological polar surface area (TPSA) is 68.5 Å². The quantitative estimate of drug-likeness (QED) is 0.330. The van der Waals surface area contributed by atoms with Crippen LogP contribution < -0.4 is 16.4 Å². The Morgan fingerprint density at radius 1 is 1.06 bits per heavy atom. The Morgan fingerprint density at radius 3 is 2.22 bits per heavy atom. The number of nitrogens with two attached hydrogens (primary N) is 1. The van der Waals surface area contributed by atoms with Gasteiger partial charge in [0.25, 0.3) is 0 Å². The van der Waals surface area contributed by atoms with Crippen molar-refractivity contribution in [2.24, 2.45) is 5.73 Å². The van der Waals surface area contributed by atoms with Crippen LogP contribution in [0, 0.1) is 0 Å². The zero-order valence-corrected chi connectivity index (χ0v) is 13.4. The molecular weight excluding hydrogens is 246 g/mol. The zero-order chi connectivity index (χ0) is 13.6. The highest BCUT2D eigenvalue weighted by Gasteiger charge is 2.24. The van der Waals surface area contributed by atoms with Crippen molar-refractivity contribution in [3.05, 3.63) is 0 Å². The molecule has 0 aliphatic carbocycles. The van der Waals surface area contributed by atoms with Crippen molar-refractivity contribution < 1.29 is 8.85 Å². The van der Waals surface area contributed by atoms with Crippen LogP contribution in [0.5, 0.6) is 0 Å². The summed E-state index contributed by atoms with van der Waals surface area (Å²) >= 11 is 0. The van der Waals surface area contributed by atoms with Crippen LogP contribution in [-0.4, -0.2) is 54.3 Å². The average Bonchev–Trinajstić information content (AvgIpc) is 2.37. The third-order valence-electron chi connectivity index (χ3n) is 2.62. The minimum Gasteiger partial charge on any atom is -0.396 e. The molecular formula is C12H31N3O2Si. The Kier molecular flexibility index (Phi) is 13.5. The fraction of sp³-hybridized carbons (Fsp3) is 1.00. The third-order valence-corrected chi connectivity index (χ3v) is 5.17. The monoisotopic (exact) mass is 277 g/mol. The van der Waals surface area contributed by atoms with Crippen LogP contribution in [0.2, 0.25) is 0 Å². The van der Waals surface area contributed by atoms with Crippen molar-refractivity contribution >= 4 is 9.28 Å². The fourth-order valence-corrected chi connectivity index (χ4v) is 4.01. The van der Waals surface area contributed by atoms with E-state index in [9.17, 15) is 0 Å². The van der Waals surface area contributed by atoms with Gasteiger partial charge in [-0.1, -0.05) is 13.3 Å². The summed E-state index contributed by atoms with van der Waals surface area (Å²) in [6.45, 7) is 11.2. The van der Waals surface area contributed by atoms with Gasteiger partial charge < -0.3 is 25.2 Å². The molecule has 0 fully saturated rings. The van der Waals surface area contributed by atoms with E-state index in [1.807, 2.05) is 13.8 Å². The van der Waals surface area contributed by atoms with Gasteiger partial charge in [-0.15, -0.1) is 0 Å². The van der Waals surface area contributed by atoms with Gasteiger partial charge >= 0.3 is 9.28 Å². The molecule has 0 bridgehead atoms. The fourth-order valence-electron chi connectivity index (χ4n) is 1.83. The van der Waals surface area contributed by atoms with Crippen LogP contribution >= 0.6 is 0 Å². The van der Waals surface area contributed by atoms with Crippen LogP contribution in [0.25, 0.3) is 0 Å². The molecule has 0 amide bonds. The first-order chi connectivity index (χ1) is 8.79. The average molecular weight is 277 g/mol. The second-order valence-electron chi connectivity index (χ2n) is 4.17. The molecule has 0 aliphatic rings. The first-order valence-corrected chi connectivity index (χ1v) is 8.78. The van der Waals surface area contributed by atoms with Gasteiger partial charge in [0.15, 0.2) is 0 Å². The lowest BCUT2D eigenvalue weighted by Gasteiger charge is -2.25. The van der Waals surface area contributed by atoms with Gasteiger partial charge in [0.05, 0.1) is 0 Å². The van der Waals surface area contributed by atoms with E-state index in [1.165, 1.54) is 0 Å². The summed E-state index contributed by atoms with van der Waals surface area (Å²) in [6.07, 6.45) is 2.27. The van der Waals surface area contributed by atoms with Crippen molar-refractivity contribution in [2.45, 2.75) is 39.3 Å². The molecule has 4 N–H and O–H groups in total. The lowest BCUT2D eigenvalue weighted by Crippen LogP contribution is -2.49. The van der Waals surface area contributed by atoms with Crippen molar-refractivity contribution in [1.82, 2.24) is 10.6 Å². The molecule has 0 rings (SSSR count). The third kappa shape index (κ3) is 9.01. The van der Waals surface area contributed by atoms with Gasteiger partial charge in [-0.2, -0.15) is 0 Å². The van der Waals surface area contributed by atoms with Crippen LogP contribution in [0.4, 0.5) is 0 Å². The van der Waals surface area contributed by atoms with Crippen molar-refractivity contribution in [1.29, 1.82) is 0 Å². The van der Waals surface area contributed by atoms with Crippen LogP contribution in [-0.2, 0) is 8.85 Å². The molecule has 1 atom stereocenters. The molecule has 5 nitrogen and oxygen atoms in total. The lowest BCUT2D eigenvalue weighted by molar-refractivity contribution is 0.197. The molecule has 0 aromatic heterocycles. The molecule has 0 radical (unpaired) electrons. The van der Waals surface area contributed by atoms with Crippen LogP contribution in [0.3, 0.4) is 0 Å². The molecule has 6 heteroatoms. The van der Waals surface area contributed by atoms with E-state index in [0.717, 1.165) is 45.7 Å². The zero-order valence-electron chi connectivity index (χ0n) is 12.2. The minimum absolute atomic E-state index is 0.398. The van der Waals surface area contributed by atoms with Gasteiger partial charge in [0.2, 0.25) is 0 Å². The van der Waals surface area contributed by atoms with E-state index in [4.69, 9.17) is 14.6 Å². The highest BCUT2D eigenvalue weighted by atomic mass is 28.3. The van der Waals surface area contributed by atoms with E-state index in [-0.39, 0.29) is 0 Å². The van der Waals surface area contributed by atoms with Crippen LogP contribution in [0.15, 0.2) is 0 Å². The maximum atomic E-state index is 5.79. The van der Waals surface area contributed by atoms with E-state index in [0.29, 0.717) is 12.2 Å². The van der Waals surface area contributed by atoms with Gasteiger partial charge in [-0.25, -0.2) is 0 Å². The normalized spacial score (nSPS) is 13.2. The van der Waals surface area contributed by atoms with Crippen LogP contribution in [0.1, 0.15) is 33.6 Å². The predicted octanol–water partition coefficient (Wildman–Crippen LogP) is 0.126. The summed E-state index contributed by atoms with van der Waals surface area (Å²) < 4.78 is 11.6. The number of hydrogen-bond acceptors (Lipinski definition) is 5. The standard InChI is InChI=1S/C12H31N3O2Si/c1-4-7-12(15-11-10-14-9-8-13)18(16-5-2)17-6-3/h12,14-15,18H,4-11,13H2,1-3H3. The second kappa shape index (κ2) is 13.4. The second-order valence-corrected chi connectivity index (χ2v) is 6.38. The summed E-state index contributed by atoms with van der Waals surface area (Å²) in [7, 11) is -1.59. The molecule has 0 aromatic carbocycles. The van der Waals surface area contributed by atoms with Crippen molar-refractivity contribution in [2.75, 3.05) is 39.4 Å². The Balaban J connectivity index is 3.98. The largest absolute Gasteiger partial charge is 0.396 e. The van der Waals surface area contributed by atoms with Gasteiger partial charge in [0, 0.05) is 45.1 Å². The Morgan fingerprint density at radius 2 is 1.72 bits per heavy atom. The molecule has 110 valence electrons. The Hall–Kier alpha value is 0.0169. The first kappa shape index (κ1) is 18.0. The maximum Gasteiger partial charge on any atom is 0.338 e. The highest BCUT2D eigenvalue weighted by Crippen LogP contribution is 2.04. The van der Waals surface area contributed by atoms with E-state index in [2.05, 4.69) is 17.6 Å². The van der Waals surface area contributed by atoms with E-state index < -0.39 is 9.28 Å². The smallest absolute Gasteiger partial charge is 0.338 e. The van der Waals surface area contributed by atoms with Gasteiger partial charge in [0.1, 0.15) is 0 Å². The molecule has 0 aliphatic heterocycles. The minimum atomic E-state index is -1.59. The summed E-state index contributed by atoms with van der Waals surface area (Å²) in [4.78, 5) is 0. The number of rotatable bonds is 13. The molecule has 0 aromatic rings. The van der Waals surface area contributed by atoms with E-state index >= 15 is 0 Å². The summed E-state index contributed by atoms with van der Waals surface area (Å²) in [5.74, 6) is 0. The summed E-state index contributed by atoms with van der Waals surface area (Å²) in [5, 5.41) is 6.84. The number of hydrogen-bond donors (Lipinski definition) is 3.